The van der Waals surface area contributed by atoms with Crippen LogP contribution in [0.15, 0.2) is 0 Å². The van der Waals surface area contributed by atoms with Crippen LogP contribution in [-0.2, 0) is 0 Å². The summed E-state index contributed by atoms with van der Waals surface area (Å²) in [6, 6.07) is 0.296. The molecule has 1 aromatic heterocycles. The highest BCUT2D eigenvalue weighted by atomic mass is 32.1. The van der Waals surface area contributed by atoms with Crippen molar-refractivity contribution in [2.75, 3.05) is 26.2 Å². The molecule has 3 rings (SSSR count). The molecule has 2 heterocycles. The van der Waals surface area contributed by atoms with Crippen molar-refractivity contribution >= 4 is 17.2 Å². The fourth-order valence-corrected chi connectivity index (χ4v) is 4.65. The lowest BCUT2D eigenvalue weighted by Crippen LogP contribution is -2.53. The summed E-state index contributed by atoms with van der Waals surface area (Å²) in [5, 5.41) is 11.1. The molecular weight excluding hydrogens is 310 g/mol. The molecule has 1 aromatic rings. The van der Waals surface area contributed by atoms with Crippen LogP contribution in [0.5, 0.6) is 0 Å². The highest BCUT2D eigenvalue weighted by Gasteiger charge is 2.34. The number of aliphatic hydroxyl groups excluding tert-OH is 1. The van der Waals surface area contributed by atoms with Gasteiger partial charge in [0.15, 0.2) is 0 Å². The first-order valence-electron chi connectivity index (χ1n) is 8.66. The maximum absolute atomic E-state index is 12.8. The summed E-state index contributed by atoms with van der Waals surface area (Å²) in [5.41, 5.74) is 0.859. The molecule has 2 atom stereocenters. The third-order valence-electron chi connectivity index (χ3n) is 5.02. The second kappa shape index (κ2) is 6.87. The number of aryl methyl sites for hydroxylation is 1. The summed E-state index contributed by atoms with van der Waals surface area (Å²) in [7, 11) is 0. The minimum atomic E-state index is -0.186. The number of amides is 1. The van der Waals surface area contributed by atoms with E-state index in [0.717, 1.165) is 61.0 Å². The zero-order valence-electron chi connectivity index (χ0n) is 14.3. The van der Waals surface area contributed by atoms with Crippen LogP contribution in [-0.4, -0.2) is 64.1 Å². The van der Waals surface area contributed by atoms with Gasteiger partial charge in [-0.3, -0.25) is 9.69 Å². The topological polar surface area (TPSA) is 56.7 Å². The van der Waals surface area contributed by atoms with Crippen LogP contribution in [0.25, 0.3) is 0 Å². The van der Waals surface area contributed by atoms with Crippen molar-refractivity contribution in [3.63, 3.8) is 0 Å². The minimum absolute atomic E-state index is 0.124. The van der Waals surface area contributed by atoms with E-state index in [1.165, 1.54) is 11.3 Å². The van der Waals surface area contributed by atoms with Gasteiger partial charge in [-0.05, 0) is 26.2 Å². The van der Waals surface area contributed by atoms with Crippen LogP contribution in [0.4, 0.5) is 0 Å². The summed E-state index contributed by atoms with van der Waals surface area (Å²) in [6.07, 6.45) is 2.93. The van der Waals surface area contributed by atoms with Crippen LogP contribution in [0.1, 0.15) is 59.4 Å². The van der Waals surface area contributed by atoms with Crippen LogP contribution < -0.4 is 0 Å². The van der Waals surface area contributed by atoms with Crippen molar-refractivity contribution in [3.8, 4) is 0 Å². The first-order valence-corrected chi connectivity index (χ1v) is 9.47. The first kappa shape index (κ1) is 16.9. The molecular formula is C17H27N3O2S. The zero-order valence-corrected chi connectivity index (χ0v) is 15.1. The highest BCUT2D eigenvalue weighted by molar-refractivity contribution is 7.13. The summed E-state index contributed by atoms with van der Waals surface area (Å²) >= 11 is 1.54. The van der Waals surface area contributed by atoms with Gasteiger partial charge in [0.05, 0.1) is 16.8 Å². The minimum Gasteiger partial charge on any atom is -0.391 e. The number of nitrogens with zero attached hydrogens (tertiary/aromatic N) is 3. The van der Waals surface area contributed by atoms with Gasteiger partial charge in [0.25, 0.3) is 5.91 Å². The Morgan fingerprint density at radius 3 is 2.48 bits per heavy atom. The van der Waals surface area contributed by atoms with Gasteiger partial charge in [-0.1, -0.05) is 13.8 Å². The van der Waals surface area contributed by atoms with Crippen LogP contribution in [0, 0.1) is 6.92 Å². The van der Waals surface area contributed by atoms with Crippen LogP contribution in [0.3, 0.4) is 0 Å². The van der Waals surface area contributed by atoms with Crippen molar-refractivity contribution in [2.24, 2.45) is 0 Å². The molecule has 0 bridgehead atoms. The van der Waals surface area contributed by atoms with Gasteiger partial charge in [0, 0.05) is 38.1 Å². The van der Waals surface area contributed by atoms with E-state index >= 15 is 0 Å². The number of hydrogen-bond acceptors (Lipinski definition) is 5. The fraction of sp³-hybridized carbons (Fsp3) is 0.765. The molecule has 1 amide bonds. The van der Waals surface area contributed by atoms with Gasteiger partial charge in [-0.25, -0.2) is 4.98 Å². The van der Waals surface area contributed by atoms with E-state index in [1.54, 1.807) is 0 Å². The zero-order chi connectivity index (χ0) is 16.6. The second-order valence-electron chi connectivity index (χ2n) is 7.02. The van der Waals surface area contributed by atoms with Gasteiger partial charge >= 0.3 is 0 Å². The van der Waals surface area contributed by atoms with Gasteiger partial charge in [-0.15, -0.1) is 11.3 Å². The maximum atomic E-state index is 12.8. The highest BCUT2D eigenvalue weighted by Crippen LogP contribution is 2.28. The monoisotopic (exact) mass is 337 g/mol. The van der Waals surface area contributed by atoms with Gasteiger partial charge < -0.3 is 10.0 Å². The van der Waals surface area contributed by atoms with Crippen LogP contribution >= 0.6 is 11.3 Å². The summed E-state index contributed by atoms with van der Waals surface area (Å²) < 4.78 is 0. The Kier molecular flexibility index (Phi) is 5.04. The Labute approximate surface area is 142 Å². The lowest BCUT2D eigenvalue weighted by molar-refractivity contribution is 0.0317. The van der Waals surface area contributed by atoms with Gasteiger partial charge in [0.2, 0.25) is 0 Å². The van der Waals surface area contributed by atoms with Gasteiger partial charge in [-0.2, -0.15) is 0 Å². The van der Waals surface area contributed by atoms with Crippen molar-refractivity contribution in [1.29, 1.82) is 0 Å². The van der Waals surface area contributed by atoms with Crippen molar-refractivity contribution in [1.82, 2.24) is 14.8 Å². The Morgan fingerprint density at radius 2 is 1.96 bits per heavy atom. The summed E-state index contributed by atoms with van der Waals surface area (Å²) in [5.74, 6) is 0.486. The molecule has 0 aromatic carbocycles. The lowest BCUT2D eigenvalue weighted by atomic mass is 10.1. The smallest absolute Gasteiger partial charge is 0.265 e. The Morgan fingerprint density at radius 1 is 1.26 bits per heavy atom. The maximum Gasteiger partial charge on any atom is 0.265 e. The molecule has 1 saturated heterocycles. The Balaban J connectivity index is 1.62. The quantitative estimate of drug-likeness (QED) is 0.919. The van der Waals surface area contributed by atoms with Crippen molar-refractivity contribution in [3.05, 3.63) is 15.6 Å². The molecule has 128 valence electrons. The number of carbonyl (C=O) groups is 1. The molecule has 1 aliphatic heterocycles. The van der Waals surface area contributed by atoms with Crippen molar-refractivity contribution in [2.45, 2.75) is 58.1 Å². The van der Waals surface area contributed by atoms with Crippen molar-refractivity contribution < 1.29 is 9.90 Å². The molecule has 6 heteroatoms. The molecule has 5 nitrogen and oxygen atoms in total. The Hall–Kier alpha value is -0.980. The van der Waals surface area contributed by atoms with E-state index in [1.807, 2.05) is 11.8 Å². The van der Waals surface area contributed by atoms with Gasteiger partial charge in [0.1, 0.15) is 4.88 Å². The molecule has 1 aliphatic carbocycles. The fourth-order valence-electron chi connectivity index (χ4n) is 3.61. The molecule has 0 radical (unpaired) electrons. The molecule has 0 spiro atoms. The number of carbonyl (C=O) groups excluding carboxylic acids is 1. The molecule has 0 unspecified atom stereocenters. The molecule has 2 fully saturated rings. The predicted octanol–water partition coefficient (Wildman–Crippen LogP) is 2.25. The average molecular weight is 337 g/mol. The lowest BCUT2D eigenvalue weighted by Gasteiger charge is -2.39. The number of hydrogen-bond donors (Lipinski definition) is 1. The first-order chi connectivity index (χ1) is 11.0. The third kappa shape index (κ3) is 3.44. The van der Waals surface area contributed by atoms with E-state index in [-0.39, 0.29) is 12.0 Å². The van der Waals surface area contributed by atoms with Crippen LogP contribution in [0.2, 0.25) is 0 Å². The number of thiazole rings is 1. The molecule has 2 aliphatic rings. The van der Waals surface area contributed by atoms with E-state index in [4.69, 9.17) is 0 Å². The van der Waals surface area contributed by atoms with E-state index in [9.17, 15) is 9.90 Å². The number of piperazine rings is 1. The predicted molar refractivity (Wildman–Crippen MR) is 92.1 cm³/mol. The summed E-state index contributed by atoms with van der Waals surface area (Å²) in [6.45, 7) is 9.37. The second-order valence-corrected chi connectivity index (χ2v) is 8.05. The third-order valence-corrected chi connectivity index (χ3v) is 6.46. The van der Waals surface area contributed by atoms with E-state index in [0.29, 0.717) is 12.0 Å². The van der Waals surface area contributed by atoms with E-state index < -0.39 is 0 Å². The summed E-state index contributed by atoms with van der Waals surface area (Å²) in [4.78, 5) is 22.4. The number of aromatic nitrogens is 1. The number of rotatable bonds is 3. The van der Waals surface area contributed by atoms with E-state index in [2.05, 4.69) is 23.7 Å². The standard InChI is InChI=1S/C17H27N3O2S/c1-11(2)16-18-12(3)15(23-16)17(22)20-9-7-19(8-10-20)13-5-4-6-14(13)21/h11,13-14,21H,4-10H2,1-3H3/t13-,14-/m0/s1. The Bertz CT molecular complexity index is 564. The SMILES string of the molecule is Cc1nc(C(C)C)sc1C(=O)N1CCN([C@H]2CCC[C@@H]2O)CC1. The molecule has 1 saturated carbocycles. The number of aliphatic hydroxyl groups is 1. The largest absolute Gasteiger partial charge is 0.391 e. The molecule has 1 N–H and O–H groups in total. The normalized spacial score (nSPS) is 26.2. The molecule has 23 heavy (non-hydrogen) atoms. The average Bonchev–Trinajstić information content (AvgIpc) is 3.13.